The van der Waals surface area contributed by atoms with Crippen LogP contribution in [0, 0.1) is 11.8 Å². The van der Waals surface area contributed by atoms with Crippen molar-refractivity contribution < 1.29 is 24.1 Å². The predicted molar refractivity (Wildman–Crippen MR) is 132 cm³/mol. The number of ether oxygens (including phenoxy) is 3. The number of primary amides is 1. The minimum Gasteiger partial charge on any atom is -0.493 e. The summed E-state index contributed by atoms with van der Waals surface area (Å²) in [6, 6.07) is 5.56. The fourth-order valence-corrected chi connectivity index (χ4v) is 3.24. The maximum Gasteiger partial charge on any atom is 0.231 e. The van der Waals surface area contributed by atoms with Crippen LogP contribution in [0.15, 0.2) is 18.2 Å². The van der Waals surface area contributed by atoms with Crippen LogP contribution in [0.25, 0.3) is 0 Å². The average molecular weight is 498 g/mol. The number of carbonyl (C=O) groups excluding carboxylic acids is 1. The third-order valence-electron chi connectivity index (χ3n) is 5.14. The lowest BCUT2D eigenvalue weighted by molar-refractivity contribution is -0.117. The molecule has 0 saturated carbocycles. The van der Waals surface area contributed by atoms with E-state index in [2.05, 4.69) is 19.2 Å². The first-order valence-corrected chi connectivity index (χ1v) is 10.5. The van der Waals surface area contributed by atoms with E-state index in [1.165, 1.54) is 0 Å². The van der Waals surface area contributed by atoms with Gasteiger partial charge >= 0.3 is 0 Å². The highest BCUT2D eigenvalue weighted by molar-refractivity contribution is 5.85. The molecule has 1 rings (SSSR count). The maximum absolute atomic E-state index is 10.8. The average Bonchev–Trinajstić information content (AvgIpc) is 2.70. The lowest BCUT2D eigenvalue weighted by atomic mass is 9.83. The normalized spacial score (nSPS) is 13.5. The minimum absolute atomic E-state index is 0. The Kier molecular flexibility index (Phi) is 18.7. The number of nitrogens with two attached hydrogens (primary N) is 2. The van der Waals surface area contributed by atoms with E-state index in [1.54, 1.807) is 14.2 Å². The Morgan fingerprint density at radius 1 is 1.16 bits per heavy atom. The van der Waals surface area contributed by atoms with Gasteiger partial charge in [-0.1, -0.05) is 19.9 Å². The molecule has 188 valence electrons. The fraction of sp³-hybridized carbons (Fsp3) is 0.682. The number of rotatable bonds is 16. The fourth-order valence-electron chi connectivity index (χ4n) is 3.24. The molecule has 3 atom stereocenters. The van der Waals surface area contributed by atoms with Crippen LogP contribution >= 0.6 is 24.8 Å². The van der Waals surface area contributed by atoms with E-state index in [4.69, 9.17) is 25.7 Å². The van der Waals surface area contributed by atoms with E-state index < -0.39 is 18.1 Å². The van der Waals surface area contributed by atoms with Gasteiger partial charge in [-0.3, -0.25) is 4.79 Å². The van der Waals surface area contributed by atoms with E-state index >= 15 is 0 Å². The Balaban J connectivity index is 0. The molecule has 0 saturated heterocycles. The van der Waals surface area contributed by atoms with Crippen molar-refractivity contribution in [2.45, 2.75) is 45.3 Å². The number of benzene rings is 1. The van der Waals surface area contributed by atoms with Gasteiger partial charge < -0.3 is 36.1 Å². The minimum atomic E-state index is -0.749. The summed E-state index contributed by atoms with van der Waals surface area (Å²) in [7, 11) is 3.29. The molecule has 0 unspecified atom stereocenters. The summed E-state index contributed by atoms with van der Waals surface area (Å²) in [4.78, 5) is 10.8. The first-order chi connectivity index (χ1) is 14.3. The molecule has 8 nitrogen and oxygen atoms in total. The molecule has 10 heteroatoms. The third-order valence-corrected chi connectivity index (χ3v) is 5.14. The van der Waals surface area contributed by atoms with Crippen molar-refractivity contribution in [2.75, 3.05) is 40.5 Å². The molecule has 0 heterocycles. The molecule has 1 amide bonds. The zero-order valence-electron chi connectivity index (χ0n) is 19.5. The summed E-state index contributed by atoms with van der Waals surface area (Å²) >= 11 is 0. The van der Waals surface area contributed by atoms with Crippen molar-refractivity contribution in [3.05, 3.63) is 23.8 Å². The highest BCUT2D eigenvalue weighted by atomic mass is 35.5. The van der Waals surface area contributed by atoms with Crippen molar-refractivity contribution in [3.63, 3.8) is 0 Å². The van der Waals surface area contributed by atoms with Crippen LogP contribution in [-0.2, 0) is 16.0 Å². The van der Waals surface area contributed by atoms with E-state index in [-0.39, 0.29) is 43.8 Å². The van der Waals surface area contributed by atoms with Crippen molar-refractivity contribution >= 4 is 30.7 Å². The van der Waals surface area contributed by atoms with Gasteiger partial charge in [-0.15, -0.1) is 24.8 Å². The van der Waals surface area contributed by atoms with Gasteiger partial charge in [-0.05, 0) is 42.4 Å². The van der Waals surface area contributed by atoms with Crippen LogP contribution in [0.2, 0.25) is 0 Å². The van der Waals surface area contributed by atoms with Gasteiger partial charge in [0.15, 0.2) is 11.5 Å². The summed E-state index contributed by atoms with van der Waals surface area (Å²) in [5.74, 6) is 1.62. The van der Waals surface area contributed by atoms with Crippen LogP contribution in [0.4, 0.5) is 0 Å². The lowest BCUT2D eigenvalue weighted by Gasteiger charge is -2.27. The van der Waals surface area contributed by atoms with E-state index in [9.17, 15) is 9.90 Å². The molecule has 1 aromatic rings. The Morgan fingerprint density at radius 2 is 1.84 bits per heavy atom. The SMILES string of the molecule is COCCCOc1cc(C[C@@H](C[C@H](N)[C@@H](O)CNCC(N)=O)C(C)C)ccc1OC.Cl.Cl. The Morgan fingerprint density at radius 3 is 2.41 bits per heavy atom. The molecule has 0 radical (unpaired) electrons. The highest BCUT2D eigenvalue weighted by Gasteiger charge is 2.23. The van der Waals surface area contributed by atoms with E-state index in [1.807, 2.05) is 18.2 Å². The smallest absolute Gasteiger partial charge is 0.231 e. The summed E-state index contributed by atoms with van der Waals surface area (Å²) in [6.45, 7) is 5.76. The van der Waals surface area contributed by atoms with Gasteiger partial charge in [0.05, 0.1) is 26.4 Å². The van der Waals surface area contributed by atoms with Crippen molar-refractivity contribution in [3.8, 4) is 11.5 Å². The molecule has 0 fully saturated rings. The maximum atomic E-state index is 10.8. The van der Waals surface area contributed by atoms with Crippen LogP contribution < -0.4 is 26.3 Å². The first kappa shape index (κ1) is 32.9. The number of carbonyl (C=O) groups is 1. The number of methoxy groups -OCH3 is 2. The molecule has 0 aliphatic rings. The largest absolute Gasteiger partial charge is 0.493 e. The summed E-state index contributed by atoms with van der Waals surface area (Å²) in [6.07, 6.45) is 1.52. The molecule has 1 aromatic carbocycles. The van der Waals surface area contributed by atoms with Gasteiger partial charge in [0.25, 0.3) is 0 Å². The highest BCUT2D eigenvalue weighted by Crippen LogP contribution is 2.31. The molecule has 6 N–H and O–H groups in total. The van der Waals surface area contributed by atoms with Gasteiger partial charge in [-0.2, -0.15) is 0 Å². The molecule has 32 heavy (non-hydrogen) atoms. The van der Waals surface area contributed by atoms with Crippen molar-refractivity contribution in [1.29, 1.82) is 0 Å². The number of hydrogen-bond acceptors (Lipinski definition) is 7. The molecule has 0 aliphatic heterocycles. The quantitative estimate of drug-likeness (QED) is 0.256. The number of halogens is 2. The topological polar surface area (TPSA) is 129 Å². The van der Waals surface area contributed by atoms with Crippen LogP contribution in [0.5, 0.6) is 11.5 Å². The summed E-state index contributed by atoms with van der Waals surface area (Å²) < 4.78 is 16.4. The molecule has 0 bridgehead atoms. The second-order valence-electron chi connectivity index (χ2n) is 7.95. The first-order valence-electron chi connectivity index (χ1n) is 10.5. The van der Waals surface area contributed by atoms with Crippen LogP contribution in [-0.4, -0.2) is 63.7 Å². The molecule has 0 spiro atoms. The van der Waals surface area contributed by atoms with Gasteiger partial charge in [0.1, 0.15) is 0 Å². The molecular weight excluding hydrogens is 457 g/mol. The van der Waals surface area contributed by atoms with E-state index in [0.29, 0.717) is 37.1 Å². The zero-order chi connectivity index (χ0) is 22.5. The van der Waals surface area contributed by atoms with Crippen molar-refractivity contribution in [2.24, 2.45) is 23.3 Å². The molecule has 0 aliphatic carbocycles. The van der Waals surface area contributed by atoms with Crippen LogP contribution in [0.1, 0.15) is 32.3 Å². The van der Waals surface area contributed by atoms with Gasteiger partial charge in [-0.25, -0.2) is 0 Å². The van der Waals surface area contributed by atoms with Crippen molar-refractivity contribution in [1.82, 2.24) is 5.32 Å². The Labute approximate surface area is 204 Å². The van der Waals surface area contributed by atoms with E-state index in [0.717, 1.165) is 18.4 Å². The number of aliphatic hydroxyl groups excluding tert-OH is 1. The predicted octanol–water partition coefficient (Wildman–Crippen LogP) is 1.92. The number of aliphatic hydroxyl groups is 1. The van der Waals surface area contributed by atoms with Gasteiger partial charge in [0, 0.05) is 32.7 Å². The number of amides is 1. The van der Waals surface area contributed by atoms with Crippen LogP contribution in [0.3, 0.4) is 0 Å². The monoisotopic (exact) mass is 497 g/mol. The standard InChI is InChI=1S/C22H39N3O5.2ClH/c1-15(2)17(12-18(23)19(26)13-25-14-22(24)27)10-16-6-7-20(29-4)21(11-16)30-9-5-8-28-3;;/h6-7,11,15,17-19,25-26H,5,8-10,12-14,23H2,1-4H3,(H2,24,27);2*1H/t17-,18-,19-;;/m0../s1. The van der Waals surface area contributed by atoms with Gasteiger partial charge in [0.2, 0.25) is 5.91 Å². The number of hydrogen-bond donors (Lipinski definition) is 4. The Bertz CT molecular complexity index is 638. The lowest BCUT2D eigenvalue weighted by Crippen LogP contribution is -2.45. The molecular formula is C22H41Cl2N3O5. The third kappa shape index (κ3) is 12.7. The number of nitrogens with one attached hydrogen (secondary N) is 1. The second kappa shape index (κ2) is 18.2. The summed E-state index contributed by atoms with van der Waals surface area (Å²) in [5.41, 5.74) is 12.5. The summed E-state index contributed by atoms with van der Waals surface area (Å²) in [5, 5.41) is 13.1. The molecule has 0 aromatic heterocycles. The zero-order valence-corrected chi connectivity index (χ0v) is 21.2. The second-order valence-corrected chi connectivity index (χ2v) is 7.95. The Hall–Kier alpha value is -1.29.